The molecule has 3 saturated carbocycles. The van der Waals surface area contributed by atoms with Crippen LogP contribution in [0.5, 0.6) is 0 Å². The zero-order chi connectivity index (χ0) is 14.4. The molecule has 0 saturated heterocycles. The molecule has 0 aliphatic heterocycles. The molecule has 0 amide bonds. The monoisotopic (exact) mass is 279 g/mol. The van der Waals surface area contributed by atoms with E-state index in [9.17, 15) is 4.79 Å². The van der Waals surface area contributed by atoms with Gasteiger partial charge in [-0.05, 0) is 43.4 Å². The molecule has 20 heavy (non-hydrogen) atoms. The third-order valence-electron chi connectivity index (χ3n) is 6.88. The smallest absolute Gasteiger partial charge is 0.320 e. The number of carbonyl (C=O) groups excluding carboxylic acids is 1. The Kier molecular flexibility index (Phi) is 3.60. The highest BCUT2D eigenvalue weighted by atomic mass is 16.5. The third-order valence-corrected chi connectivity index (χ3v) is 6.88. The Bertz CT molecular complexity index is 386. The Morgan fingerprint density at radius 3 is 2.45 bits per heavy atom. The van der Waals surface area contributed by atoms with Crippen molar-refractivity contribution in [3.05, 3.63) is 0 Å². The van der Waals surface area contributed by atoms with Crippen molar-refractivity contribution in [3.8, 4) is 0 Å². The van der Waals surface area contributed by atoms with Crippen LogP contribution in [0.25, 0.3) is 0 Å². The lowest BCUT2D eigenvalue weighted by molar-refractivity contribution is -0.155. The van der Waals surface area contributed by atoms with Crippen molar-refractivity contribution in [2.75, 3.05) is 6.54 Å². The average molecular weight is 279 g/mol. The fourth-order valence-corrected chi connectivity index (χ4v) is 4.87. The molecule has 0 aromatic carbocycles. The van der Waals surface area contributed by atoms with Crippen molar-refractivity contribution in [2.24, 2.45) is 16.7 Å². The van der Waals surface area contributed by atoms with Crippen LogP contribution in [-0.2, 0) is 9.53 Å². The second-order valence-electron chi connectivity index (χ2n) is 7.95. The lowest BCUT2D eigenvalue weighted by atomic mass is 9.70. The maximum atomic E-state index is 12.1. The van der Waals surface area contributed by atoms with Crippen molar-refractivity contribution >= 4 is 5.97 Å². The van der Waals surface area contributed by atoms with Crippen LogP contribution in [0.4, 0.5) is 0 Å². The van der Waals surface area contributed by atoms with Gasteiger partial charge in [-0.3, -0.25) is 4.79 Å². The minimum atomic E-state index is -0.0496. The summed E-state index contributed by atoms with van der Waals surface area (Å²) in [6.45, 7) is 7.43. The summed E-state index contributed by atoms with van der Waals surface area (Å²) in [6, 6.07) is 0.537. The van der Waals surface area contributed by atoms with Gasteiger partial charge in [0.25, 0.3) is 0 Å². The fourth-order valence-electron chi connectivity index (χ4n) is 4.87. The molecule has 1 N–H and O–H groups in total. The standard InChI is InChI=1S/C17H29NO2/c1-16(2)12-8-9-17(16,3)14(10-12)20-15(19)11-18-13-6-4-5-7-13/h12-14,18H,4-11H2,1-3H3. The molecule has 3 atom stereocenters. The van der Waals surface area contributed by atoms with Crippen LogP contribution in [0.15, 0.2) is 0 Å². The summed E-state index contributed by atoms with van der Waals surface area (Å²) >= 11 is 0. The minimum absolute atomic E-state index is 0.0496. The van der Waals surface area contributed by atoms with Crippen LogP contribution in [0.1, 0.15) is 65.7 Å². The molecule has 3 unspecified atom stereocenters. The van der Waals surface area contributed by atoms with E-state index in [1.165, 1.54) is 38.5 Å². The predicted octanol–water partition coefficient (Wildman–Crippen LogP) is 3.28. The van der Waals surface area contributed by atoms with E-state index in [0.29, 0.717) is 18.0 Å². The molecule has 0 aromatic rings. The normalized spacial score (nSPS) is 39.4. The lowest BCUT2D eigenvalue weighted by Crippen LogP contribution is -2.41. The molecule has 3 aliphatic rings. The molecule has 3 rings (SSSR count). The number of esters is 1. The zero-order valence-electron chi connectivity index (χ0n) is 13.2. The molecule has 114 valence electrons. The van der Waals surface area contributed by atoms with Gasteiger partial charge in [0.15, 0.2) is 0 Å². The van der Waals surface area contributed by atoms with E-state index in [0.717, 1.165) is 12.3 Å². The van der Waals surface area contributed by atoms with Gasteiger partial charge in [0, 0.05) is 11.5 Å². The number of fused-ring (bicyclic) bond motifs is 2. The Hall–Kier alpha value is -0.570. The van der Waals surface area contributed by atoms with Gasteiger partial charge in [0.2, 0.25) is 0 Å². The maximum Gasteiger partial charge on any atom is 0.320 e. The summed E-state index contributed by atoms with van der Waals surface area (Å²) < 4.78 is 5.84. The lowest BCUT2D eigenvalue weighted by Gasteiger charge is -2.38. The molecule has 2 bridgehead atoms. The summed E-state index contributed by atoms with van der Waals surface area (Å²) in [5, 5.41) is 3.36. The Morgan fingerprint density at radius 1 is 1.20 bits per heavy atom. The SMILES string of the molecule is CC1(C)C2CCC1(C)C(OC(=O)CNC1CCCC1)C2. The molecule has 0 spiro atoms. The van der Waals surface area contributed by atoms with E-state index in [1.54, 1.807) is 0 Å². The van der Waals surface area contributed by atoms with Crippen molar-refractivity contribution < 1.29 is 9.53 Å². The van der Waals surface area contributed by atoms with Crippen LogP contribution in [0.2, 0.25) is 0 Å². The second-order valence-corrected chi connectivity index (χ2v) is 7.95. The molecule has 3 heteroatoms. The van der Waals surface area contributed by atoms with Crippen LogP contribution >= 0.6 is 0 Å². The van der Waals surface area contributed by atoms with Crippen molar-refractivity contribution in [1.82, 2.24) is 5.32 Å². The summed E-state index contributed by atoms with van der Waals surface area (Å²) in [5.74, 6) is 0.680. The van der Waals surface area contributed by atoms with E-state index in [4.69, 9.17) is 4.74 Å². The highest BCUT2D eigenvalue weighted by Crippen LogP contribution is 2.66. The van der Waals surface area contributed by atoms with Crippen LogP contribution < -0.4 is 5.32 Å². The van der Waals surface area contributed by atoms with Crippen LogP contribution in [0.3, 0.4) is 0 Å². The molecule has 0 heterocycles. The molecule has 3 aliphatic carbocycles. The number of nitrogens with one attached hydrogen (secondary N) is 1. The molecule has 3 fully saturated rings. The minimum Gasteiger partial charge on any atom is -0.461 e. The molecule has 3 nitrogen and oxygen atoms in total. The first-order valence-electron chi connectivity index (χ1n) is 8.36. The van der Waals surface area contributed by atoms with Gasteiger partial charge in [-0.15, -0.1) is 0 Å². The predicted molar refractivity (Wildman–Crippen MR) is 79.4 cm³/mol. The molecule has 0 radical (unpaired) electrons. The van der Waals surface area contributed by atoms with Crippen molar-refractivity contribution in [3.63, 3.8) is 0 Å². The largest absolute Gasteiger partial charge is 0.461 e. The van der Waals surface area contributed by atoms with E-state index < -0.39 is 0 Å². The molecular formula is C17H29NO2. The van der Waals surface area contributed by atoms with Gasteiger partial charge in [-0.25, -0.2) is 0 Å². The van der Waals surface area contributed by atoms with Gasteiger partial charge in [0.05, 0.1) is 6.54 Å². The Balaban J connectivity index is 1.52. The van der Waals surface area contributed by atoms with Crippen molar-refractivity contribution in [2.45, 2.75) is 77.9 Å². The Labute approximate surface area is 122 Å². The van der Waals surface area contributed by atoms with Gasteiger partial charge in [-0.1, -0.05) is 33.6 Å². The first kappa shape index (κ1) is 14.4. The first-order valence-corrected chi connectivity index (χ1v) is 8.36. The van der Waals surface area contributed by atoms with E-state index in [1.807, 2.05) is 0 Å². The van der Waals surface area contributed by atoms with Crippen LogP contribution in [-0.4, -0.2) is 24.7 Å². The number of ether oxygens (including phenoxy) is 1. The fraction of sp³-hybridized carbons (Fsp3) is 0.941. The first-order chi connectivity index (χ1) is 9.43. The average Bonchev–Trinajstić information content (AvgIpc) is 3.02. The van der Waals surface area contributed by atoms with Gasteiger partial charge in [0.1, 0.15) is 6.10 Å². The summed E-state index contributed by atoms with van der Waals surface area (Å²) in [4.78, 5) is 12.1. The Morgan fingerprint density at radius 2 is 1.90 bits per heavy atom. The number of hydrogen-bond acceptors (Lipinski definition) is 3. The topological polar surface area (TPSA) is 38.3 Å². The zero-order valence-corrected chi connectivity index (χ0v) is 13.2. The molecule has 0 aromatic heterocycles. The van der Waals surface area contributed by atoms with Gasteiger partial charge < -0.3 is 10.1 Å². The van der Waals surface area contributed by atoms with E-state index >= 15 is 0 Å². The quantitative estimate of drug-likeness (QED) is 0.803. The third kappa shape index (κ3) is 2.18. The number of carbonyl (C=O) groups is 1. The maximum absolute atomic E-state index is 12.1. The summed E-state index contributed by atoms with van der Waals surface area (Å²) in [7, 11) is 0. The van der Waals surface area contributed by atoms with Crippen LogP contribution in [0, 0.1) is 16.7 Å². The molecular weight excluding hydrogens is 250 g/mol. The number of rotatable bonds is 4. The van der Waals surface area contributed by atoms with E-state index in [-0.39, 0.29) is 17.5 Å². The highest BCUT2D eigenvalue weighted by molar-refractivity contribution is 5.72. The summed E-state index contributed by atoms with van der Waals surface area (Å²) in [5.41, 5.74) is 0.498. The van der Waals surface area contributed by atoms with Gasteiger partial charge >= 0.3 is 5.97 Å². The van der Waals surface area contributed by atoms with Gasteiger partial charge in [-0.2, -0.15) is 0 Å². The summed E-state index contributed by atoms with van der Waals surface area (Å²) in [6.07, 6.45) is 8.73. The number of hydrogen-bond donors (Lipinski definition) is 1. The second kappa shape index (κ2) is 5.01. The van der Waals surface area contributed by atoms with E-state index in [2.05, 4.69) is 26.1 Å². The van der Waals surface area contributed by atoms with Crippen molar-refractivity contribution in [1.29, 1.82) is 0 Å². The highest BCUT2D eigenvalue weighted by Gasteiger charge is 2.62.